The molecule has 70 valence electrons. The highest BCUT2D eigenvalue weighted by Crippen LogP contribution is 2.25. The van der Waals surface area contributed by atoms with Crippen molar-refractivity contribution in [2.24, 2.45) is 0 Å². The minimum absolute atomic E-state index is 0.235. The Hall–Kier alpha value is -1.09. The molecule has 0 bridgehead atoms. The van der Waals surface area contributed by atoms with Crippen LogP contribution >= 0.6 is 0 Å². The molecule has 1 N–H and O–H groups in total. The molecule has 0 amide bonds. The minimum atomic E-state index is -0.235. The average Bonchev–Trinajstić information content (AvgIpc) is 2.17. The fourth-order valence-corrected chi connectivity index (χ4v) is 1.53. The number of fused-ring (bicyclic) bond motifs is 1. The molecule has 3 heteroatoms. The monoisotopic (exact) mass is 181 g/mol. The summed E-state index contributed by atoms with van der Waals surface area (Å²) in [5.41, 5.74) is 1.08. The van der Waals surface area contributed by atoms with Crippen molar-refractivity contribution in [1.82, 2.24) is 5.32 Å². The number of nitrogens with one attached hydrogen (secondary N) is 1. The van der Waals surface area contributed by atoms with Crippen LogP contribution in [0, 0.1) is 5.82 Å². The van der Waals surface area contributed by atoms with Crippen LogP contribution in [0.2, 0.25) is 0 Å². The summed E-state index contributed by atoms with van der Waals surface area (Å²) in [5, 5.41) is 3.14. The standard InChI is InChI=1S/C10H12FNO/c1-12-9-4-7-2-3-8(11)5-10(7)13-6-9/h2-3,5,9,12H,4,6H2,1H3. The smallest absolute Gasteiger partial charge is 0.126 e. The highest BCUT2D eigenvalue weighted by Gasteiger charge is 2.18. The Labute approximate surface area is 76.7 Å². The van der Waals surface area contributed by atoms with E-state index < -0.39 is 0 Å². The van der Waals surface area contributed by atoms with Gasteiger partial charge >= 0.3 is 0 Å². The normalized spacial score (nSPS) is 20.6. The molecule has 1 aromatic carbocycles. The summed E-state index contributed by atoms with van der Waals surface area (Å²) in [6.07, 6.45) is 0.909. The molecule has 1 aromatic rings. The maximum Gasteiger partial charge on any atom is 0.126 e. The predicted molar refractivity (Wildman–Crippen MR) is 48.4 cm³/mol. The van der Waals surface area contributed by atoms with Gasteiger partial charge in [-0.15, -0.1) is 0 Å². The van der Waals surface area contributed by atoms with Crippen LogP contribution in [0.3, 0.4) is 0 Å². The zero-order valence-corrected chi connectivity index (χ0v) is 7.51. The van der Waals surface area contributed by atoms with E-state index in [4.69, 9.17) is 4.74 Å². The lowest BCUT2D eigenvalue weighted by atomic mass is 10.0. The van der Waals surface area contributed by atoms with Gasteiger partial charge in [0.25, 0.3) is 0 Å². The molecule has 1 aliphatic heterocycles. The van der Waals surface area contributed by atoms with Crippen molar-refractivity contribution in [3.05, 3.63) is 29.6 Å². The Morgan fingerprint density at radius 2 is 2.38 bits per heavy atom. The van der Waals surface area contributed by atoms with Gasteiger partial charge in [-0.05, 0) is 25.1 Å². The summed E-state index contributed by atoms with van der Waals surface area (Å²) in [6, 6.07) is 5.05. The van der Waals surface area contributed by atoms with Gasteiger partial charge in [0.05, 0.1) is 0 Å². The first kappa shape index (κ1) is 8.51. The highest BCUT2D eigenvalue weighted by atomic mass is 19.1. The topological polar surface area (TPSA) is 21.3 Å². The Morgan fingerprint density at radius 1 is 1.54 bits per heavy atom. The van der Waals surface area contributed by atoms with Gasteiger partial charge in [-0.25, -0.2) is 4.39 Å². The van der Waals surface area contributed by atoms with E-state index in [0.717, 1.165) is 12.0 Å². The number of rotatable bonds is 1. The maximum atomic E-state index is 12.8. The van der Waals surface area contributed by atoms with Crippen LogP contribution < -0.4 is 10.1 Å². The second kappa shape index (κ2) is 3.34. The van der Waals surface area contributed by atoms with E-state index in [0.29, 0.717) is 18.4 Å². The molecule has 2 nitrogen and oxygen atoms in total. The Morgan fingerprint density at radius 3 is 3.15 bits per heavy atom. The largest absolute Gasteiger partial charge is 0.492 e. The second-order valence-corrected chi connectivity index (χ2v) is 3.25. The van der Waals surface area contributed by atoms with Crippen LogP contribution in [0.4, 0.5) is 4.39 Å². The van der Waals surface area contributed by atoms with Crippen LogP contribution in [0.1, 0.15) is 5.56 Å². The third kappa shape index (κ3) is 1.65. The minimum Gasteiger partial charge on any atom is -0.492 e. The summed E-state index contributed by atoms with van der Waals surface area (Å²) in [6.45, 7) is 0.618. The number of hydrogen-bond donors (Lipinski definition) is 1. The van der Waals surface area contributed by atoms with Crippen molar-refractivity contribution in [2.75, 3.05) is 13.7 Å². The Balaban J connectivity index is 2.26. The lowest BCUT2D eigenvalue weighted by molar-refractivity contribution is 0.244. The first-order valence-corrected chi connectivity index (χ1v) is 4.38. The van der Waals surface area contributed by atoms with Gasteiger partial charge in [0.1, 0.15) is 18.2 Å². The molecule has 1 heterocycles. The molecule has 13 heavy (non-hydrogen) atoms. The molecular weight excluding hydrogens is 169 g/mol. The molecule has 1 unspecified atom stereocenters. The van der Waals surface area contributed by atoms with Gasteiger partial charge in [0, 0.05) is 12.1 Å². The maximum absolute atomic E-state index is 12.8. The highest BCUT2D eigenvalue weighted by molar-refractivity contribution is 5.36. The van der Waals surface area contributed by atoms with E-state index in [1.807, 2.05) is 7.05 Å². The van der Waals surface area contributed by atoms with E-state index in [1.54, 1.807) is 6.07 Å². The van der Waals surface area contributed by atoms with E-state index in [2.05, 4.69) is 5.32 Å². The first-order valence-electron chi connectivity index (χ1n) is 4.38. The van der Waals surface area contributed by atoms with E-state index in [1.165, 1.54) is 12.1 Å². The molecule has 0 aromatic heterocycles. The zero-order valence-electron chi connectivity index (χ0n) is 7.51. The molecule has 2 rings (SSSR count). The summed E-state index contributed by atoms with van der Waals surface area (Å²) in [5.74, 6) is 0.452. The van der Waals surface area contributed by atoms with Crippen molar-refractivity contribution < 1.29 is 9.13 Å². The molecule has 0 fully saturated rings. The summed E-state index contributed by atoms with van der Waals surface area (Å²) in [7, 11) is 1.91. The molecule has 0 spiro atoms. The average molecular weight is 181 g/mol. The molecule has 0 aliphatic carbocycles. The van der Waals surface area contributed by atoms with Crippen molar-refractivity contribution >= 4 is 0 Å². The number of ether oxygens (including phenoxy) is 1. The van der Waals surface area contributed by atoms with Crippen molar-refractivity contribution in [2.45, 2.75) is 12.5 Å². The lowest BCUT2D eigenvalue weighted by Crippen LogP contribution is -2.36. The zero-order chi connectivity index (χ0) is 9.26. The summed E-state index contributed by atoms with van der Waals surface area (Å²) < 4.78 is 18.2. The van der Waals surface area contributed by atoms with Crippen LogP contribution in [0.5, 0.6) is 5.75 Å². The van der Waals surface area contributed by atoms with Crippen molar-refractivity contribution in [3.8, 4) is 5.75 Å². The fourth-order valence-electron chi connectivity index (χ4n) is 1.53. The lowest BCUT2D eigenvalue weighted by Gasteiger charge is -2.24. The number of benzene rings is 1. The van der Waals surface area contributed by atoms with Crippen molar-refractivity contribution in [1.29, 1.82) is 0 Å². The third-order valence-corrected chi connectivity index (χ3v) is 2.34. The van der Waals surface area contributed by atoms with Crippen LogP contribution in [0.25, 0.3) is 0 Å². The van der Waals surface area contributed by atoms with Gasteiger partial charge in [0.2, 0.25) is 0 Å². The number of likely N-dealkylation sites (N-methyl/N-ethyl adjacent to an activating group) is 1. The van der Waals surface area contributed by atoms with Crippen LogP contribution in [-0.2, 0) is 6.42 Å². The summed E-state index contributed by atoms with van der Waals surface area (Å²) in [4.78, 5) is 0. The summed E-state index contributed by atoms with van der Waals surface area (Å²) >= 11 is 0. The van der Waals surface area contributed by atoms with Gasteiger partial charge in [-0.1, -0.05) is 6.07 Å². The van der Waals surface area contributed by atoms with Gasteiger partial charge in [-0.2, -0.15) is 0 Å². The molecule has 1 aliphatic rings. The molecule has 0 saturated heterocycles. The number of halogens is 1. The van der Waals surface area contributed by atoms with Crippen molar-refractivity contribution in [3.63, 3.8) is 0 Å². The van der Waals surface area contributed by atoms with E-state index in [9.17, 15) is 4.39 Å². The fraction of sp³-hybridized carbons (Fsp3) is 0.400. The molecule has 1 atom stereocenters. The van der Waals surface area contributed by atoms with Gasteiger partial charge in [-0.3, -0.25) is 0 Å². The molecule has 0 saturated carbocycles. The van der Waals surface area contributed by atoms with Crippen LogP contribution in [-0.4, -0.2) is 19.7 Å². The van der Waals surface area contributed by atoms with E-state index in [-0.39, 0.29) is 5.82 Å². The van der Waals surface area contributed by atoms with Crippen LogP contribution in [0.15, 0.2) is 18.2 Å². The van der Waals surface area contributed by atoms with Gasteiger partial charge in [0.15, 0.2) is 0 Å². The van der Waals surface area contributed by atoms with E-state index >= 15 is 0 Å². The molecular formula is C10H12FNO. The quantitative estimate of drug-likeness (QED) is 0.706. The first-order chi connectivity index (χ1) is 6.29. The predicted octanol–water partition coefficient (Wildman–Crippen LogP) is 1.35. The third-order valence-electron chi connectivity index (χ3n) is 2.34. The molecule has 0 radical (unpaired) electrons. The number of hydrogen-bond acceptors (Lipinski definition) is 2. The Kier molecular flexibility index (Phi) is 2.19. The van der Waals surface area contributed by atoms with Gasteiger partial charge < -0.3 is 10.1 Å². The second-order valence-electron chi connectivity index (χ2n) is 3.25. The SMILES string of the molecule is CNC1COc2cc(F)ccc2C1. The Bertz CT molecular complexity index is 314.